The summed E-state index contributed by atoms with van der Waals surface area (Å²) in [6, 6.07) is 0.716. The van der Waals surface area contributed by atoms with Crippen LogP contribution in [0.5, 0.6) is 23.0 Å². The van der Waals surface area contributed by atoms with Crippen molar-refractivity contribution in [3.63, 3.8) is 0 Å². The first-order chi connectivity index (χ1) is 16.3. The topological polar surface area (TPSA) is 243 Å². The normalized spacial score (nSPS) is 25.8. The minimum absolute atomic E-state index is 0.308. The number of carbonyl (C=O) groups excluding carboxylic acids is 2. The molecular formula is C22H20O13. The fourth-order valence-electron chi connectivity index (χ4n) is 4.58. The maximum Gasteiger partial charge on any atom is 0.339 e. The number of aliphatic hydroxyl groups excluding tert-OH is 4. The Morgan fingerprint density at radius 1 is 0.886 bits per heavy atom. The second-order valence-electron chi connectivity index (χ2n) is 8.24. The van der Waals surface area contributed by atoms with Gasteiger partial charge in [0, 0.05) is 11.1 Å². The van der Waals surface area contributed by atoms with Crippen LogP contribution in [0.2, 0.25) is 0 Å². The van der Waals surface area contributed by atoms with E-state index in [0.29, 0.717) is 6.07 Å². The maximum atomic E-state index is 13.4. The molecule has 2 aromatic carbocycles. The highest BCUT2D eigenvalue weighted by Gasteiger charge is 2.48. The van der Waals surface area contributed by atoms with E-state index in [0.717, 1.165) is 6.92 Å². The molecule has 0 bridgehead atoms. The van der Waals surface area contributed by atoms with Crippen molar-refractivity contribution in [3.8, 4) is 23.0 Å². The van der Waals surface area contributed by atoms with Gasteiger partial charge in [-0.1, -0.05) is 0 Å². The summed E-state index contributed by atoms with van der Waals surface area (Å²) in [4.78, 5) is 38.1. The predicted octanol–water partition coefficient (Wildman–Crippen LogP) is -1.19. The molecule has 1 aliphatic heterocycles. The zero-order chi connectivity index (χ0) is 26.1. The molecule has 2 aliphatic rings. The average molecular weight is 492 g/mol. The van der Waals surface area contributed by atoms with E-state index in [1.165, 1.54) is 0 Å². The van der Waals surface area contributed by atoms with Crippen LogP contribution in [-0.4, -0.2) is 94.5 Å². The number of aliphatic hydroxyl groups is 4. The third kappa shape index (κ3) is 3.25. The van der Waals surface area contributed by atoms with Gasteiger partial charge < -0.3 is 50.7 Å². The second-order valence-corrected chi connectivity index (χ2v) is 8.24. The van der Waals surface area contributed by atoms with Crippen LogP contribution < -0.4 is 0 Å². The summed E-state index contributed by atoms with van der Waals surface area (Å²) in [6.45, 7) is 0.291. The summed E-state index contributed by atoms with van der Waals surface area (Å²) in [5, 5.41) is 91.5. The summed E-state index contributed by atoms with van der Waals surface area (Å²) in [7, 11) is 0. The summed E-state index contributed by atoms with van der Waals surface area (Å²) < 4.78 is 5.30. The molecule has 0 radical (unpaired) electrons. The number of phenolic OH excluding ortho intramolecular Hbond substituents is 3. The van der Waals surface area contributed by atoms with Gasteiger partial charge in [0.15, 0.2) is 23.1 Å². The van der Waals surface area contributed by atoms with Crippen LogP contribution in [-0.2, 0) is 4.74 Å². The highest BCUT2D eigenvalue weighted by molar-refractivity contribution is 6.31. The molecule has 0 saturated carbocycles. The van der Waals surface area contributed by atoms with Crippen LogP contribution in [0.4, 0.5) is 0 Å². The fourth-order valence-corrected chi connectivity index (χ4v) is 4.58. The van der Waals surface area contributed by atoms with Gasteiger partial charge in [0.1, 0.15) is 47.6 Å². The van der Waals surface area contributed by atoms with Gasteiger partial charge in [0.05, 0.1) is 23.3 Å². The van der Waals surface area contributed by atoms with Gasteiger partial charge in [0.25, 0.3) is 0 Å². The molecule has 0 amide bonds. The Kier molecular flexibility index (Phi) is 5.70. The zero-order valence-corrected chi connectivity index (χ0v) is 17.8. The van der Waals surface area contributed by atoms with Crippen molar-refractivity contribution in [1.29, 1.82) is 0 Å². The summed E-state index contributed by atoms with van der Waals surface area (Å²) in [5.74, 6) is -8.24. The smallest absolute Gasteiger partial charge is 0.339 e. The monoisotopic (exact) mass is 492 g/mol. The molecule has 5 atom stereocenters. The molecule has 13 heteroatoms. The van der Waals surface area contributed by atoms with E-state index in [-0.39, 0.29) is 5.56 Å². The van der Waals surface area contributed by atoms with E-state index in [1.54, 1.807) is 0 Å². The number of ketones is 2. The molecule has 0 spiro atoms. The van der Waals surface area contributed by atoms with Crippen molar-refractivity contribution in [2.75, 3.05) is 6.61 Å². The van der Waals surface area contributed by atoms with Crippen molar-refractivity contribution in [1.82, 2.24) is 0 Å². The quantitative estimate of drug-likeness (QED) is 0.154. The van der Waals surface area contributed by atoms with Crippen molar-refractivity contribution in [2.24, 2.45) is 0 Å². The van der Waals surface area contributed by atoms with Crippen LogP contribution in [0.25, 0.3) is 0 Å². The summed E-state index contributed by atoms with van der Waals surface area (Å²) in [5.41, 5.74) is -4.49. The molecule has 1 heterocycles. The van der Waals surface area contributed by atoms with Gasteiger partial charge >= 0.3 is 5.97 Å². The first-order valence-electron chi connectivity index (χ1n) is 10.2. The minimum atomic E-state index is -2.03. The first-order valence-corrected chi connectivity index (χ1v) is 10.2. The number of aromatic hydroxyl groups is 4. The lowest BCUT2D eigenvalue weighted by Crippen LogP contribution is -2.55. The zero-order valence-electron chi connectivity index (χ0n) is 17.8. The third-order valence-electron chi connectivity index (χ3n) is 6.33. The molecule has 35 heavy (non-hydrogen) atoms. The van der Waals surface area contributed by atoms with Crippen LogP contribution >= 0.6 is 0 Å². The highest BCUT2D eigenvalue weighted by atomic mass is 16.5. The van der Waals surface area contributed by atoms with Crippen molar-refractivity contribution in [2.45, 2.75) is 37.4 Å². The molecule has 0 unspecified atom stereocenters. The number of carboxylic acid groups (broad SMARTS) is 1. The first kappa shape index (κ1) is 24.4. The lowest BCUT2D eigenvalue weighted by molar-refractivity contribution is -0.232. The molecule has 1 saturated heterocycles. The second kappa shape index (κ2) is 8.18. The fraction of sp³-hybridized carbons (Fsp3) is 0.318. The van der Waals surface area contributed by atoms with E-state index < -0.39 is 111 Å². The van der Waals surface area contributed by atoms with Crippen LogP contribution in [0.3, 0.4) is 0 Å². The molecule has 2 aromatic rings. The third-order valence-corrected chi connectivity index (χ3v) is 6.33. The molecular weight excluding hydrogens is 472 g/mol. The van der Waals surface area contributed by atoms with E-state index in [2.05, 4.69) is 0 Å². The molecule has 4 rings (SSSR count). The van der Waals surface area contributed by atoms with Gasteiger partial charge in [-0.3, -0.25) is 9.59 Å². The van der Waals surface area contributed by atoms with E-state index in [9.17, 15) is 60.3 Å². The molecule has 0 aromatic heterocycles. The number of benzene rings is 2. The number of ether oxygens (including phenoxy) is 1. The Morgan fingerprint density at radius 3 is 2.06 bits per heavy atom. The van der Waals surface area contributed by atoms with Gasteiger partial charge in [-0.15, -0.1) is 0 Å². The van der Waals surface area contributed by atoms with E-state index in [4.69, 9.17) is 4.74 Å². The Labute approximate surface area is 195 Å². The largest absolute Gasteiger partial charge is 0.507 e. The molecule has 13 nitrogen and oxygen atoms in total. The number of phenols is 4. The predicted molar refractivity (Wildman–Crippen MR) is 111 cm³/mol. The van der Waals surface area contributed by atoms with Crippen LogP contribution in [0, 0.1) is 6.92 Å². The van der Waals surface area contributed by atoms with Gasteiger partial charge in [-0.05, 0) is 18.6 Å². The number of aromatic carboxylic acids is 1. The van der Waals surface area contributed by atoms with E-state index >= 15 is 0 Å². The van der Waals surface area contributed by atoms with Crippen molar-refractivity contribution < 1.29 is 65.1 Å². The Hall–Kier alpha value is -3.75. The Morgan fingerprint density at radius 2 is 1.49 bits per heavy atom. The number of hydrogen-bond donors (Lipinski definition) is 9. The van der Waals surface area contributed by atoms with Crippen molar-refractivity contribution in [3.05, 3.63) is 45.0 Å². The molecule has 9 N–H and O–H groups in total. The van der Waals surface area contributed by atoms with Gasteiger partial charge in [0.2, 0.25) is 0 Å². The van der Waals surface area contributed by atoms with Crippen LogP contribution in [0.15, 0.2) is 6.07 Å². The average Bonchev–Trinajstić information content (AvgIpc) is 2.79. The molecule has 1 fully saturated rings. The van der Waals surface area contributed by atoms with Crippen molar-refractivity contribution >= 4 is 17.5 Å². The minimum Gasteiger partial charge on any atom is -0.507 e. The number of hydrogen-bond acceptors (Lipinski definition) is 12. The number of carbonyl (C=O) groups is 3. The highest BCUT2D eigenvalue weighted by Crippen LogP contribution is 2.52. The number of fused-ring (bicyclic) bond motifs is 2. The number of rotatable bonds is 3. The SMILES string of the molecule is Cc1c(C(=O)O)c(O)cc2c1C(=O)c1c(O)c([C@@H]3O[C@H](CO)[C@@H](O)[C@H](O)[C@H]3O)c(O)c(O)c1C2=O. The maximum absolute atomic E-state index is 13.4. The molecule has 186 valence electrons. The van der Waals surface area contributed by atoms with Gasteiger partial charge in [-0.2, -0.15) is 0 Å². The lowest BCUT2D eigenvalue weighted by atomic mass is 9.77. The summed E-state index contributed by atoms with van der Waals surface area (Å²) in [6.07, 6.45) is -9.12. The molecule has 1 aliphatic carbocycles. The van der Waals surface area contributed by atoms with E-state index in [1.807, 2.05) is 0 Å². The standard InChI is InChI=1S/C22H20O13/c1-4-8-5(2-6(24)9(4)22(33)34)13(25)10-11(15(8)27)16(28)12(18(30)17(10)29)21-20(32)19(31)14(26)7(3-23)35-21/h2,7,14,19-21,23-24,26,28-32H,3H2,1H3,(H,33,34)/t7-,14-,19+,20-,21+/m1/s1. The Balaban J connectivity index is 1.99. The number of carboxylic acids is 1. The van der Waals surface area contributed by atoms with Crippen LogP contribution in [0.1, 0.15) is 59.4 Å². The summed E-state index contributed by atoms with van der Waals surface area (Å²) >= 11 is 0. The Bertz CT molecular complexity index is 1300. The van der Waals surface area contributed by atoms with Gasteiger partial charge in [-0.25, -0.2) is 4.79 Å². The lowest BCUT2D eigenvalue weighted by Gasteiger charge is -2.40.